The largest absolute Gasteiger partial charge is 0.481 e. The topological polar surface area (TPSA) is 79.7 Å². The second-order valence-corrected chi connectivity index (χ2v) is 5.67. The average molecular weight is 314 g/mol. The molecule has 1 fully saturated rings. The summed E-state index contributed by atoms with van der Waals surface area (Å²) in [5.74, 6) is -1.03. The van der Waals surface area contributed by atoms with Crippen molar-refractivity contribution in [2.24, 2.45) is 0 Å². The number of rotatable bonds is 3. The molecule has 0 spiro atoms. The van der Waals surface area contributed by atoms with Crippen molar-refractivity contribution < 1.29 is 19.4 Å². The first-order valence-electron chi connectivity index (χ1n) is 7.53. The van der Waals surface area contributed by atoms with Crippen LogP contribution in [0.15, 0.2) is 30.3 Å². The molecule has 23 heavy (non-hydrogen) atoms. The Morgan fingerprint density at radius 2 is 2.17 bits per heavy atom. The zero-order valence-corrected chi connectivity index (χ0v) is 12.9. The Balaban J connectivity index is 1.89. The van der Waals surface area contributed by atoms with Crippen LogP contribution in [-0.4, -0.2) is 52.7 Å². The Kier molecular flexibility index (Phi) is 4.25. The fourth-order valence-corrected chi connectivity index (χ4v) is 2.88. The number of ether oxygens (including phenoxy) is 1. The lowest BCUT2D eigenvalue weighted by Gasteiger charge is -2.32. The third-order valence-electron chi connectivity index (χ3n) is 3.90. The Hall–Kier alpha value is -2.47. The summed E-state index contributed by atoms with van der Waals surface area (Å²) in [5.41, 5.74) is 2.16. The molecule has 1 saturated heterocycles. The number of aromatic nitrogens is 1. The van der Waals surface area contributed by atoms with Crippen molar-refractivity contribution in [2.75, 3.05) is 19.7 Å². The van der Waals surface area contributed by atoms with Crippen molar-refractivity contribution >= 4 is 22.8 Å². The normalized spacial score (nSPS) is 18.1. The number of para-hydroxylation sites is 1. The van der Waals surface area contributed by atoms with E-state index in [0.717, 1.165) is 16.6 Å². The van der Waals surface area contributed by atoms with Gasteiger partial charge in [0.15, 0.2) is 0 Å². The molecule has 6 heteroatoms. The van der Waals surface area contributed by atoms with Gasteiger partial charge in [0.1, 0.15) is 0 Å². The smallest absolute Gasteiger partial charge is 0.306 e. The molecule has 1 aliphatic rings. The quantitative estimate of drug-likeness (QED) is 0.935. The number of aryl methyl sites for hydroxylation is 1. The SMILES string of the molecule is Cc1cc(C(=O)N2CCOC(CC(=O)O)C2)c2ccccc2n1. The number of aliphatic carboxylic acids is 1. The van der Waals surface area contributed by atoms with E-state index in [-0.39, 0.29) is 12.3 Å². The zero-order chi connectivity index (χ0) is 16.4. The van der Waals surface area contributed by atoms with Crippen LogP contribution in [-0.2, 0) is 9.53 Å². The number of carboxylic acids is 1. The minimum Gasteiger partial charge on any atom is -0.481 e. The van der Waals surface area contributed by atoms with Crippen molar-refractivity contribution in [3.05, 3.63) is 41.6 Å². The van der Waals surface area contributed by atoms with Crippen LogP contribution < -0.4 is 0 Å². The third kappa shape index (κ3) is 3.32. The van der Waals surface area contributed by atoms with Gasteiger partial charge in [-0.25, -0.2) is 0 Å². The maximum Gasteiger partial charge on any atom is 0.306 e. The third-order valence-corrected chi connectivity index (χ3v) is 3.90. The summed E-state index contributed by atoms with van der Waals surface area (Å²) in [6, 6.07) is 9.31. The van der Waals surface area contributed by atoms with Crippen LogP contribution in [0.25, 0.3) is 10.9 Å². The van der Waals surface area contributed by atoms with Crippen LogP contribution in [0, 0.1) is 6.92 Å². The van der Waals surface area contributed by atoms with E-state index in [1.807, 2.05) is 31.2 Å². The van der Waals surface area contributed by atoms with Gasteiger partial charge in [-0.15, -0.1) is 0 Å². The van der Waals surface area contributed by atoms with Gasteiger partial charge >= 0.3 is 5.97 Å². The molecule has 1 aliphatic heterocycles. The van der Waals surface area contributed by atoms with Crippen molar-refractivity contribution in [3.63, 3.8) is 0 Å². The minimum atomic E-state index is -0.922. The average Bonchev–Trinajstić information content (AvgIpc) is 2.53. The van der Waals surface area contributed by atoms with E-state index >= 15 is 0 Å². The number of carbonyl (C=O) groups is 2. The number of nitrogens with zero attached hydrogens (tertiary/aromatic N) is 2. The molecule has 1 atom stereocenters. The van der Waals surface area contributed by atoms with Crippen molar-refractivity contribution in [1.82, 2.24) is 9.88 Å². The van der Waals surface area contributed by atoms with Gasteiger partial charge in [0.05, 0.1) is 30.2 Å². The molecule has 3 rings (SSSR count). The Morgan fingerprint density at radius 1 is 1.39 bits per heavy atom. The molecule has 120 valence electrons. The van der Waals surface area contributed by atoms with Gasteiger partial charge in [-0.1, -0.05) is 18.2 Å². The maximum absolute atomic E-state index is 12.9. The molecular weight excluding hydrogens is 296 g/mol. The van der Waals surface area contributed by atoms with E-state index in [1.165, 1.54) is 0 Å². The molecule has 0 radical (unpaired) electrons. The van der Waals surface area contributed by atoms with Gasteiger partial charge in [0.2, 0.25) is 0 Å². The standard InChI is InChI=1S/C17H18N2O4/c1-11-8-14(13-4-2-3-5-15(13)18-11)17(22)19-6-7-23-12(10-19)9-16(20)21/h2-5,8,12H,6-7,9-10H2,1H3,(H,20,21). The monoisotopic (exact) mass is 314 g/mol. The number of pyridine rings is 1. The fourth-order valence-electron chi connectivity index (χ4n) is 2.88. The number of morpholine rings is 1. The molecule has 2 heterocycles. The molecule has 1 amide bonds. The van der Waals surface area contributed by atoms with E-state index in [4.69, 9.17) is 9.84 Å². The number of benzene rings is 1. The van der Waals surface area contributed by atoms with Gasteiger partial charge in [0.25, 0.3) is 5.91 Å². The number of fused-ring (bicyclic) bond motifs is 1. The fraction of sp³-hybridized carbons (Fsp3) is 0.353. The van der Waals surface area contributed by atoms with E-state index in [1.54, 1.807) is 11.0 Å². The number of carboxylic acid groups (broad SMARTS) is 1. The first kappa shape index (κ1) is 15.4. The highest BCUT2D eigenvalue weighted by Gasteiger charge is 2.27. The highest BCUT2D eigenvalue weighted by atomic mass is 16.5. The van der Waals surface area contributed by atoms with Crippen LogP contribution in [0.4, 0.5) is 0 Å². The number of amides is 1. The number of hydrogen-bond donors (Lipinski definition) is 1. The van der Waals surface area contributed by atoms with Crippen molar-refractivity contribution in [2.45, 2.75) is 19.4 Å². The first-order chi connectivity index (χ1) is 11.0. The maximum atomic E-state index is 12.9. The summed E-state index contributed by atoms with van der Waals surface area (Å²) in [5, 5.41) is 9.70. The molecule has 1 aromatic carbocycles. The van der Waals surface area contributed by atoms with Gasteiger partial charge in [-0.3, -0.25) is 14.6 Å². The van der Waals surface area contributed by atoms with Gasteiger partial charge in [-0.2, -0.15) is 0 Å². The Morgan fingerprint density at radius 3 is 2.96 bits per heavy atom. The minimum absolute atomic E-state index is 0.0973. The predicted molar refractivity (Wildman–Crippen MR) is 84.4 cm³/mol. The number of carbonyl (C=O) groups excluding carboxylic acids is 1. The van der Waals surface area contributed by atoms with E-state index in [2.05, 4.69) is 4.98 Å². The van der Waals surface area contributed by atoms with Crippen LogP contribution in [0.3, 0.4) is 0 Å². The lowest BCUT2D eigenvalue weighted by atomic mass is 10.1. The summed E-state index contributed by atoms with van der Waals surface area (Å²) < 4.78 is 5.43. The Labute approximate surface area is 133 Å². The summed E-state index contributed by atoms with van der Waals surface area (Å²) in [6.07, 6.45) is -0.556. The molecule has 1 N–H and O–H groups in total. The molecule has 1 unspecified atom stereocenters. The van der Waals surface area contributed by atoms with Gasteiger partial charge in [-0.05, 0) is 19.1 Å². The van der Waals surface area contributed by atoms with E-state index in [0.29, 0.717) is 25.3 Å². The molecule has 0 saturated carbocycles. The van der Waals surface area contributed by atoms with Crippen LogP contribution >= 0.6 is 0 Å². The Bertz CT molecular complexity index is 759. The summed E-state index contributed by atoms with van der Waals surface area (Å²) in [7, 11) is 0. The highest BCUT2D eigenvalue weighted by molar-refractivity contribution is 6.06. The highest BCUT2D eigenvalue weighted by Crippen LogP contribution is 2.21. The molecular formula is C17H18N2O4. The van der Waals surface area contributed by atoms with E-state index < -0.39 is 12.1 Å². The van der Waals surface area contributed by atoms with Crippen molar-refractivity contribution in [3.8, 4) is 0 Å². The summed E-state index contributed by atoms with van der Waals surface area (Å²) >= 11 is 0. The molecule has 0 bridgehead atoms. The lowest BCUT2D eigenvalue weighted by Crippen LogP contribution is -2.46. The van der Waals surface area contributed by atoms with Crippen molar-refractivity contribution in [1.29, 1.82) is 0 Å². The van der Waals surface area contributed by atoms with Gasteiger partial charge in [0, 0.05) is 24.2 Å². The zero-order valence-electron chi connectivity index (χ0n) is 12.9. The summed E-state index contributed by atoms with van der Waals surface area (Å²) in [4.78, 5) is 29.8. The van der Waals surface area contributed by atoms with Gasteiger partial charge < -0.3 is 14.7 Å². The second kappa shape index (κ2) is 6.34. The molecule has 6 nitrogen and oxygen atoms in total. The molecule has 2 aromatic rings. The molecule has 0 aliphatic carbocycles. The van der Waals surface area contributed by atoms with Crippen LogP contribution in [0.5, 0.6) is 0 Å². The van der Waals surface area contributed by atoms with Crippen LogP contribution in [0.1, 0.15) is 22.5 Å². The van der Waals surface area contributed by atoms with E-state index in [9.17, 15) is 9.59 Å². The predicted octanol–water partition coefficient (Wildman–Crippen LogP) is 1.86. The number of hydrogen-bond acceptors (Lipinski definition) is 4. The molecule has 1 aromatic heterocycles. The second-order valence-electron chi connectivity index (χ2n) is 5.67. The van der Waals surface area contributed by atoms with Crippen LogP contribution in [0.2, 0.25) is 0 Å². The lowest BCUT2D eigenvalue weighted by molar-refractivity contribution is -0.141. The summed E-state index contributed by atoms with van der Waals surface area (Å²) in [6.45, 7) is 2.97. The first-order valence-corrected chi connectivity index (χ1v) is 7.53.